The monoisotopic (exact) mass is 310 g/mol. The van der Waals surface area contributed by atoms with Crippen molar-refractivity contribution in [1.82, 2.24) is 5.32 Å². The van der Waals surface area contributed by atoms with Crippen LogP contribution in [0.3, 0.4) is 0 Å². The number of nitro groups is 1. The van der Waals surface area contributed by atoms with Crippen molar-refractivity contribution in [2.24, 2.45) is 0 Å². The molecule has 114 valence electrons. The van der Waals surface area contributed by atoms with Crippen molar-refractivity contribution in [2.75, 3.05) is 5.75 Å². The fourth-order valence-electron chi connectivity index (χ4n) is 1.96. The lowest BCUT2D eigenvalue weighted by atomic mass is 9.99. The summed E-state index contributed by atoms with van der Waals surface area (Å²) in [5.41, 5.74) is -0.847. The van der Waals surface area contributed by atoms with Crippen molar-refractivity contribution in [3.63, 3.8) is 0 Å². The zero-order valence-electron chi connectivity index (χ0n) is 11.7. The van der Waals surface area contributed by atoms with E-state index >= 15 is 0 Å². The van der Waals surface area contributed by atoms with E-state index in [2.05, 4.69) is 5.32 Å². The molecule has 0 aliphatic heterocycles. The number of benzene rings is 1. The number of nitro benzene ring substituents is 1. The second kappa shape index (κ2) is 6.44. The van der Waals surface area contributed by atoms with Crippen LogP contribution in [0.2, 0.25) is 0 Å². The second-order valence-corrected chi connectivity index (χ2v) is 6.57. The third-order valence-electron chi connectivity index (χ3n) is 3.49. The Balaban J connectivity index is 1.86. The van der Waals surface area contributed by atoms with Crippen LogP contribution in [0.4, 0.5) is 5.69 Å². The van der Waals surface area contributed by atoms with E-state index in [9.17, 15) is 20.0 Å². The molecule has 2 rings (SSSR count). The molecule has 1 fully saturated rings. The Morgan fingerprint density at radius 1 is 1.48 bits per heavy atom. The summed E-state index contributed by atoms with van der Waals surface area (Å²) >= 11 is 1.51. The van der Waals surface area contributed by atoms with Crippen LogP contribution in [0.1, 0.15) is 26.2 Å². The summed E-state index contributed by atoms with van der Waals surface area (Å²) in [6.45, 7) is 1.71. The molecule has 1 saturated carbocycles. The maximum absolute atomic E-state index is 11.4. The first-order valence-electron chi connectivity index (χ1n) is 6.79. The van der Waals surface area contributed by atoms with E-state index in [1.807, 2.05) is 0 Å². The van der Waals surface area contributed by atoms with Gasteiger partial charge in [-0.2, -0.15) is 0 Å². The molecule has 0 amide bonds. The van der Waals surface area contributed by atoms with Gasteiger partial charge in [0.1, 0.15) is 5.54 Å². The topological polar surface area (TPSA) is 92.5 Å². The van der Waals surface area contributed by atoms with Crippen LogP contribution in [-0.4, -0.2) is 33.3 Å². The van der Waals surface area contributed by atoms with Crippen molar-refractivity contribution < 1.29 is 14.8 Å². The molecule has 0 bridgehead atoms. The summed E-state index contributed by atoms with van der Waals surface area (Å²) < 4.78 is 0. The van der Waals surface area contributed by atoms with Crippen LogP contribution in [0.5, 0.6) is 0 Å². The number of carboxylic acid groups (broad SMARTS) is 1. The number of aliphatic carboxylic acids is 1. The van der Waals surface area contributed by atoms with Crippen molar-refractivity contribution >= 4 is 23.4 Å². The summed E-state index contributed by atoms with van der Waals surface area (Å²) in [5.74, 6) is -0.195. The van der Waals surface area contributed by atoms with E-state index in [1.54, 1.807) is 19.1 Å². The molecule has 0 spiro atoms. The lowest BCUT2D eigenvalue weighted by molar-refractivity contribution is -0.384. The fourth-order valence-corrected chi connectivity index (χ4v) is 3.03. The number of hydrogen-bond acceptors (Lipinski definition) is 5. The normalized spacial score (nSPS) is 17.2. The van der Waals surface area contributed by atoms with Crippen LogP contribution < -0.4 is 5.32 Å². The molecule has 0 aromatic heterocycles. The lowest BCUT2D eigenvalue weighted by Crippen LogP contribution is -2.50. The molecule has 21 heavy (non-hydrogen) atoms. The third-order valence-corrected chi connectivity index (χ3v) is 4.50. The largest absolute Gasteiger partial charge is 0.480 e. The van der Waals surface area contributed by atoms with Gasteiger partial charge in [-0.3, -0.25) is 20.2 Å². The Kier molecular flexibility index (Phi) is 4.84. The van der Waals surface area contributed by atoms with E-state index in [1.165, 1.54) is 23.9 Å². The summed E-state index contributed by atoms with van der Waals surface area (Å²) in [6.07, 6.45) is 2.58. The third kappa shape index (κ3) is 4.44. The van der Waals surface area contributed by atoms with E-state index in [0.717, 1.165) is 17.7 Å². The minimum absolute atomic E-state index is 0.0603. The predicted molar refractivity (Wildman–Crippen MR) is 80.6 cm³/mol. The van der Waals surface area contributed by atoms with Gasteiger partial charge in [0, 0.05) is 28.8 Å². The minimum Gasteiger partial charge on any atom is -0.480 e. The SMILES string of the molecule is CC(CCSc1ccc([N+](=O)[O-])cc1)(NC1CC1)C(=O)O. The van der Waals surface area contributed by atoms with Crippen molar-refractivity contribution in [3.05, 3.63) is 34.4 Å². The van der Waals surface area contributed by atoms with Crippen molar-refractivity contribution in [1.29, 1.82) is 0 Å². The molecule has 1 aliphatic carbocycles. The number of nitrogens with zero attached hydrogens (tertiary/aromatic N) is 1. The van der Waals surface area contributed by atoms with Gasteiger partial charge in [-0.1, -0.05) is 0 Å². The minimum atomic E-state index is -0.908. The second-order valence-electron chi connectivity index (χ2n) is 5.41. The smallest absolute Gasteiger partial charge is 0.323 e. The molecule has 1 aromatic carbocycles. The summed E-state index contributed by atoms with van der Waals surface area (Å²) in [4.78, 5) is 22.4. The van der Waals surface area contributed by atoms with Crippen LogP contribution >= 0.6 is 11.8 Å². The highest BCUT2D eigenvalue weighted by molar-refractivity contribution is 7.99. The number of nitrogens with one attached hydrogen (secondary N) is 1. The van der Waals surface area contributed by atoms with Crippen molar-refractivity contribution in [2.45, 2.75) is 42.7 Å². The average molecular weight is 310 g/mol. The van der Waals surface area contributed by atoms with Gasteiger partial charge >= 0.3 is 5.97 Å². The number of hydrogen-bond donors (Lipinski definition) is 2. The number of rotatable bonds is 8. The summed E-state index contributed by atoms with van der Waals surface area (Å²) in [7, 11) is 0. The van der Waals surface area contributed by atoms with Crippen LogP contribution in [0.25, 0.3) is 0 Å². The van der Waals surface area contributed by atoms with Gasteiger partial charge in [0.2, 0.25) is 0 Å². The van der Waals surface area contributed by atoms with Gasteiger partial charge in [-0.05, 0) is 38.3 Å². The zero-order chi connectivity index (χ0) is 15.5. The van der Waals surface area contributed by atoms with Gasteiger partial charge < -0.3 is 5.11 Å². The van der Waals surface area contributed by atoms with Gasteiger partial charge in [0.15, 0.2) is 0 Å². The Bertz CT molecular complexity index is 530. The molecule has 0 radical (unpaired) electrons. The van der Waals surface area contributed by atoms with E-state index in [4.69, 9.17) is 0 Å². The summed E-state index contributed by atoms with van der Waals surface area (Å²) in [5, 5.41) is 23.1. The number of thioether (sulfide) groups is 1. The molecule has 0 heterocycles. The first-order valence-corrected chi connectivity index (χ1v) is 7.77. The quantitative estimate of drug-likeness (QED) is 0.436. The van der Waals surface area contributed by atoms with E-state index in [0.29, 0.717) is 18.2 Å². The van der Waals surface area contributed by atoms with Gasteiger partial charge in [0.05, 0.1) is 4.92 Å². The molecule has 1 atom stereocenters. The maximum Gasteiger partial charge on any atom is 0.323 e. The first-order chi connectivity index (χ1) is 9.90. The van der Waals surface area contributed by atoms with Crippen molar-refractivity contribution in [3.8, 4) is 0 Å². The highest BCUT2D eigenvalue weighted by atomic mass is 32.2. The Morgan fingerprint density at radius 2 is 2.10 bits per heavy atom. The molecule has 1 unspecified atom stereocenters. The number of carbonyl (C=O) groups is 1. The standard InChI is InChI=1S/C14H18N2O4S/c1-14(13(17)18,15-10-2-3-10)8-9-21-12-6-4-11(5-7-12)16(19)20/h4-7,10,15H,2-3,8-9H2,1H3,(H,17,18). The molecule has 1 aromatic rings. The van der Waals surface area contributed by atoms with Crippen LogP contribution in [0.15, 0.2) is 29.2 Å². The molecule has 1 aliphatic rings. The highest BCUT2D eigenvalue weighted by Gasteiger charge is 2.37. The summed E-state index contributed by atoms with van der Waals surface area (Å²) in [6, 6.07) is 6.63. The Labute approximate surface area is 127 Å². The number of carboxylic acids is 1. The predicted octanol–water partition coefficient (Wildman–Crippen LogP) is 2.67. The van der Waals surface area contributed by atoms with Gasteiger partial charge in [-0.25, -0.2) is 0 Å². The molecule has 6 nitrogen and oxygen atoms in total. The van der Waals surface area contributed by atoms with Crippen LogP contribution in [0, 0.1) is 10.1 Å². The average Bonchev–Trinajstić information content (AvgIpc) is 3.23. The van der Waals surface area contributed by atoms with E-state index < -0.39 is 16.4 Å². The molecular formula is C14H18N2O4S. The fraction of sp³-hybridized carbons (Fsp3) is 0.500. The molecule has 0 saturated heterocycles. The van der Waals surface area contributed by atoms with Crippen LogP contribution in [-0.2, 0) is 4.79 Å². The molecule has 7 heteroatoms. The maximum atomic E-state index is 11.4. The van der Waals surface area contributed by atoms with E-state index in [-0.39, 0.29) is 5.69 Å². The lowest BCUT2D eigenvalue weighted by Gasteiger charge is -2.26. The Hall–Kier alpha value is -1.60. The number of non-ortho nitro benzene ring substituents is 1. The highest BCUT2D eigenvalue weighted by Crippen LogP contribution is 2.27. The van der Waals surface area contributed by atoms with Gasteiger partial charge in [0.25, 0.3) is 5.69 Å². The molecule has 2 N–H and O–H groups in total. The zero-order valence-corrected chi connectivity index (χ0v) is 12.6. The first kappa shape index (κ1) is 15.8. The van der Waals surface area contributed by atoms with Gasteiger partial charge in [-0.15, -0.1) is 11.8 Å². The molecular weight excluding hydrogens is 292 g/mol. The Morgan fingerprint density at radius 3 is 2.57 bits per heavy atom.